The molecular formula is C30H36ClN3O5S. The van der Waals surface area contributed by atoms with Crippen molar-refractivity contribution in [3.63, 3.8) is 0 Å². The summed E-state index contributed by atoms with van der Waals surface area (Å²) in [4.78, 5) is 28.5. The lowest BCUT2D eigenvalue weighted by Gasteiger charge is -2.32. The number of hydrogen-bond acceptors (Lipinski definition) is 5. The Bertz CT molecular complexity index is 1410. The average molecular weight is 586 g/mol. The van der Waals surface area contributed by atoms with Crippen molar-refractivity contribution in [1.82, 2.24) is 10.2 Å². The van der Waals surface area contributed by atoms with Gasteiger partial charge >= 0.3 is 0 Å². The summed E-state index contributed by atoms with van der Waals surface area (Å²) in [6, 6.07) is 18.9. The van der Waals surface area contributed by atoms with Crippen LogP contribution in [-0.4, -0.2) is 50.9 Å². The van der Waals surface area contributed by atoms with Crippen LogP contribution in [-0.2, 0) is 26.2 Å². The van der Waals surface area contributed by atoms with E-state index in [0.717, 1.165) is 21.9 Å². The Morgan fingerprint density at radius 2 is 1.65 bits per heavy atom. The maximum absolute atomic E-state index is 14.0. The third-order valence-corrected chi connectivity index (χ3v) is 8.69. The minimum atomic E-state index is -4.16. The third-order valence-electron chi connectivity index (χ3n) is 6.65. The summed E-state index contributed by atoms with van der Waals surface area (Å²) in [6.45, 7) is 6.92. The highest BCUT2D eigenvalue weighted by molar-refractivity contribution is 7.92. The first-order chi connectivity index (χ1) is 19.0. The fourth-order valence-electron chi connectivity index (χ4n) is 4.02. The van der Waals surface area contributed by atoms with Gasteiger partial charge in [0, 0.05) is 17.6 Å². The van der Waals surface area contributed by atoms with E-state index in [9.17, 15) is 18.0 Å². The lowest BCUT2D eigenvalue weighted by Crippen LogP contribution is -2.52. The molecule has 0 heterocycles. The monoisotopic (exact) mass is 585 g/mol. The summed E-state index contributed by atoms with van der Waals surface area (Å²) in [5, 5.41) is 3.32. The highest BCUT2D eigenvalue weighted by atomic mass is 35.5. The molecule has 0 aliphatic carbocycles. The summed E-state index contributed by atoms with van der Waals surface area (Å²) < 4.78 is 34.0. The van der Waals surface area contributed by atoms with Gasteiger partial charge in [0.15, 0.2) is 0 Å². The summed E-state index contributed by atoms with van der Waals surface area (Å²) in [5.74, 6) is -0.190. The highest BCUT2D eigenvalue weighted by Crippen LogP contribution is 2.26. The smallest absolute Gasteiger partial charge is 0.264 e. The Morgan fingerprint density at radius 1 is 1.00 bits per heavy atom. The van der Waals surface area contributed by atoms with Gasteiger partial charge in [0.1, 0.15) is 18.3 Å². The number of benzene rings is 3. The molecule has 0 unspecified atom stereocenters. The van der Waals surface area contributed by atoms with E-state index < -0.39 is 28.5 Å². The van der Waals surface area contributed by atoms with Crippen LogP contribution in [0.2, 0.25) is 5.02 Å². The fraction of sp³-hybridized carbons (Fsp3) is 0.333. The van der Waals surface area contributed by atoms with E-state index in [1.807, 2.05) is 26.8 Å². The molecule has 0 aliphatic heterocycles. The van der Waals surface area contributed by atoms with E-state index in [2.05, 4.69) is 5.32 Å². The molecular weight excluding hydrogens is 550 g/mol. The zero-order valence-corrected chi connectivity index (χ0v) is 25.0. The van der Waals surface area contributed by atoms with Crippen LogP contribution in [0, 0.1) is 6.92 Å². The molecule has 0 spiro atoms. The molecule has 3 aromatic carbocycles. The molecule has 0 radical (unpaired) electrons. The van der Waals surface area contributed by atoms with Crippen molar-refractivity contribution in [3.8, 4) is 5.75 Å². The van der Waals surface area contributed by atoms with Gasteiger partial charge in [-0.3, -0.25) is 13.9 Å². The minimum absolute atomic E-state index is 0.00419. The summed E-state index contributed by atoms with van der Waals surface area (Å²) in [5.41, 5.74) is 1.93. The van der Waals surface area contributed by atoms with Gasteiger partial charge in [-0.2, -0.15) is 0 Å². The number of amides is 2. The van der Waals surface area contributed by atoms with E-state index in [0.29, 0.717) is 16.5 Å². The number of anilines is 1. The number of aryl methyl sites for hydroxylation is 1. The second kappa shape index (κ2) is 13.7. The van der Waals surface area contributed by atoms with Crippen LogP contribution in [0.5, 0.6) is 5.75 Å². The zero-order chi connectivity index (χ0) is 29.4. The Morgan fingerprint density at radius 3 is 2.23 bits per heavy atom. The molecule has 0 fully saturated rings. The van der Waals surface area contributed by atoms with Crippen LogP contribution in [0.25, 0.3) is 0 Å². The second-order valence-electron chi connectivity index (χ2n) is 9.67. The van der Waals surface area contributed by atoms with Gasteiger partial charge in [0.05, 0.1) is 17.7 Å². The van der Waals surface area contributed by atoms with E-state index in [4.69, 9.17) is 16.3 Å². The number of halogens is 1. The van der Waals surface area contributed by atoms with Crippen LogP contribution in [0.15, 0.2) is 77.7 Å². The Labute approximate surface area is 241 Å². The van der Waals surface area contributed by atoms with E-state index in [1.165, 1.54) is 29.2 Å². The molecule has 0 saturated heterocycles. The topological polar surface area (TPSA) is 96.0 Å². The Balaban J connectivity index is 2.02. The molecule has 2 atom stereocenters. The van der Waals surface area contributed by atoms with E-state index in [-0.39, 0.29) is 23.4 Å². The lowest BCUT2D eigenvalue weighted by atomic mass is 10.1. The third kappa shape index (κ3) is 7.76. The van der Waals surface area contributed by atoms with Crippen molar-refractivity contribution in [3.05, 3.63) is 88.9 Å². The first kappa shape index (κ1) is 31.0. The van der Waals surface area contributed by atoms with Crippen molar-refractivity contribution in [1.29, 1.82) is 0 Å². The number of nitrogens with one attached hydrogen (secondary N) is 1. The summed E-state index contributed by atoms with van der Waals surface area (Å²) in [7, 11) is -2.59. The van der Waals surface area contributed by atoms with Gasteiger partial charge in [-0.15, -0.1) is 0 Å². The number of ether oxygens (including phenoxy) is 1. The van der Waals surface area contributed by atoms with Crippen LogP contribution in [0.3, 0.4) is 0 Å². The van der Waals surface area contributed by atoms with Crippen LogP contribution in [0.1, 0.15) is 38.3 Å². The first-order valence-corrected chi connectivity index (χ1v) is 14.9. The molecule has 8 nitrogen and oxygen atoms in total. The van der Waals surface area contributed by atoms with E-state index >= 15 is 0 Å². The van der Waals surface area contributed by atoms with Crippen LogP contribution in [0.4, 0.5) is 5.69 Å². The predicted molar refractivity (Wildman–Crippen MR) is 158 cm³/mol. The minimum Gasteiger partial charge on any atom is -0.497 e. The summed E-state index contributed by atoms with van der Waals surface area (Å²) in [6.07, 6.45) is 0.728. The van der Waals surface area contributed by atoms with Crippen molar-refractivity contribution in [2.75, 3.05) is 18.0 Å². The number of carbonyl (C=O) groups excluding carboxylic acids is 2. The largest absolute Gasteiger partial charge is 0.497 e. The number of carbonyl (C=O) groups is 2. The molecule has 10 heteroatoms. The second-order valence-corrected chi connectivity index (χ2v) is 12.0. The van der Waals surface area contributed by atoms with Crippen molar-refractivity contribution in [2.45, 2.75) is 57.6 Å². The molecule has 2 amide bonds. The fourth-order valence-corrected chi connectivity index (χ4v) is 5.55. The molecule has 40 heavy (non-hydrogen) atoms. The number of nitrogens with zero attached hydrogens (tertiary/aromatic N) is 2. The maximum atomic E-state index is 14.0. The number of rotatable bonds is 12. The quantitative estimate of drug-likeness (QED) is 0.316. The molecule has 1 N–H and O–H groups in total. The molecule has 3 rings (SSSR count). The number of hydrogen-bond donors (Lipinski definition) is 1. The SMILES string of the molecule is CC[C@@H](C)NC(=O)[C@@H](C)N(Cc1ccc(OC)cc1)C(=O)CN(c1cccc(C)c1)S(=O)(=O)c1ccc(Cl)cc1. The van der Waals surface area contributed by atoms with Gasteiger partial charge < -0.3 is 15.0 Å². The average Bonchev–Trinajstić information content (AvgIpc) is 2.94. The Kier molecular flexibility index (Phi) is 10.6. The first-order valence-electron chi connectivity index (χ1n) is 13.0. The maximum Gasteiger partial charge on any atom is 0.264 e. The van der Waals surface area contributed by atoms with Crippen molar-refractivity contribution >= 4 is 39.1 Å². The van der Waals surface area contributed by atoms with Gasteiger partial charge in [-0.25, -0.2) is 8.42 Å². The van der Waals surface area contributed by atoms with Crippen molar-refractivity contribution < 1.29 is 22.7 Å². The van der Waals surface area contributed by atoms with E-state index in [1.54, 1.807) is 56.5 Å². The normalized spacial score (nSPS) is 12.8. The van der Waals surface area contributed by atoms with Gasteiger partial charge in [0.25, 0.3) is 10.0 Å². The van der Waals surface area contributed by atoms with Crippen LogP contribution < -0.4 is 14.4 Å². The molecule has 3 aromatic rings. The van der Waals surface area contributed by atoms with Gasteiger partial charge in [0.2, 0.25) is 11.8 Å². The highest BCUT2D eigenvalue weighted by Gasteiger charge is 2.32. The standard InChI is InChI=1S/C30H36ClN3O5S/c1-6-22(3)32-30(36)23(4)33(19-24-10-14-27(39-5)15-11-24)29(35)20-34(26-9-7-8-21(2)18-26)40(37,38)28-16-12-25(31)13-17-28/h7-18,22-23H,6,19-20H2,1-5H3,(H,32,36)/t22-,23-/m1/s1. The van der Waals surface area contributed by atoms with Crippen molar-refractivity contribution in [2.24, 2.45) is 0 Å². The zero-order valence-electron chi connectivity index (χ0n) is 23.4. The molecule has 0 aromatic heterocycles. The molecule has 0 aliphatic rings. The number of methoxy groups -OCH3 is 1. The molecule has 0 saturated carbocycles. The molecule has 0 bridgehead atoms. The number of sulfonamides is 1. The van der Waals surface area contributed by atoms with Gasteiger partial charge in [-0.1, -0.05) is 42.8 Å². The van der Waals surface area contributed by atoms with Gasteiger partial charge in [-0.05, 0) is 86.8 Å². The lowest BCUT2D eigenvalue weighted by molar-refractivity contribution is -0.139. The molecule has 214 valence electrons. The summed E-state index contributed by atoms with van der Waals surface area (Å²) >= 11 is 6.00. The predicted octanol–water partition coefficient (Wildman–Crippen LogP) is 5.18. The Hall–Kier alpha value is -3.56. The van der Waals surface area contributed by atoms with Crippen LogP contribution >= 0.6 is 11.6 Å².